The highest BCUT2D eigenvalue weighted by Crippen LogP contribution is 1.75. The monoisotopic (exact) mass is 117 g/mol. The van der Waals surface area contributed by atoms with Gasteiger partial charge in [0, 0.05) is 6.42 Å². The topological polar surface area (TPSA) is 69.4 Å². The van der Waals surface area contributed by atoms with Gasteiger partial charge in [0.05, 0.1) is 6.61 Å². The molecule has 0 spiro atoms. The number of amides is 1. The van der Waals surface area contributed by atoms with E-state index in [9.17, 15) is 9.59 Å². The Balaban J connectivity index is 2.93. The molecule has 0 fully saturated rings. The largest absolute Gasteiger partial charge is 0.449 e. The number of nitrogens with two attached hydrogens (primary N) is 1. The molecule has 46 valence electrons. The highest BCUT2D eigenvalue weighted by molar-refractivity contribution is 5.64. The Morgan fingerprint density at radius 3 is 2.75 bits per heavy atom. The van der Waals surface area contributed by atoms with Gasteiger partial charge in [0.2, 0.25) is 0 Å². The molecular weight excluding hydrogens is 110 g/mol. The molecule has 2 N–H and O–H groups in total. The third kappa shape index (κ3) is 4.94. The molecule has 0 aromatic rings. The summed E-state index contributed by atoms with van der Waals surface area (Å²) in [5.41, 5.74) is 4.56. The molecule has 0 radical (unpaired) electrons. The van der Waals surface area contributed by atoms with Crippen LogP contribution in [0.5, 0.6) is 0 Å². The summed E-state index contributed by atoms with van der Waals surface area (Å²) in [4.78, 5) is 19.3. The van der Waals surface area contributed by atoms with Gasteiger partial charge < -0.3 is 15.3 Å². The zero-order valence-corrected chi connectivity index (χ0v) is 4.29. The van der Waals surface area contributed by atoms with Crippen LogP contribution >= 0.6 is 0 Å². The van der Waals surface area contributed by atoms with Gasteiger partial charge in [-0.25, -0.2) is 4.79 Å². The van der Waals surface area contributed by atoms with E-state index in [1.54, 1.807) is 0 Å². The van der Waals surface area contributed by atoms with Crippen molar-refractivity contribution in [3.8, 4) is 0 Å². The van der Waals surface area contributed by atoms with Crippen LogP contribution in [0.25, 0.3) is 0 Å². The van der Waals surface area contributed by atoms with E-state index >= 15 is 0 Å². The van der Waals surface area contributed by atoms with E-state index in [-0.39, 0.29) is 13.0 Å². The van der Waals surface area contributed by atoms with Gasteiger partial charge in [-0.1, -0.05) is 0 Å². The van der Waals surface area contributed by atoms with Gasteiger partial charge in [0.1, 0.15) is 6.29 Å². The van der Waals surface area contributed by atoms with Crippen molar-refractivity contribution in [2.75, 3.05) is 6.61 Å². The summed E-state index contributed by atoms with van der Waals surface area (Å²) in [6.45, 7) is 0.0822. The van der Waals surface area contributed by atoms with Crippen LogP contribution in [-0.4, -0.2) is 19.0 Å². The second-order valence-corrected chi connectivity index (χ2v) is 1.12. The number of primary amides is 1. The Morgan fingerprint density at radius 1 is 1.75 bits per heavy atom. The Hall–Kier alpha value is -1.06. The average Bonchev–Trinajstić information content (AvgIpc) is 1.66. The van der Waals surface area contributed by atoms with E-state index in [1.807, 2.05) is 0 Å². The summed E-state index contributed by atoms with van der Waals surface area (Å²) in [5, 5.41) is 0. The molecule has 0 heterocycles. The minimum atomic E-state index is -0.841. The molecule has 0 saturated heterocycles. The van der Waals surface area contributed by atoms with E-state index in [4.69, 9.17) is 0 Å². The summed E-state index contributed by atoms with van der Waals surface area (Å²) < 4.78 is 4.19. The van der Waals surface area contributed by atoms with Crippen LogP contribution in [0.3, 0.4) is 0 Å². The van der Waals surface area contributed by atoms with Crippen molar-refractivity contribution in [3.63, 3.8) is 0 Å². The SMILES string of the molecule is NC(=O)OCCC=O. The molecule has 0 aliphatic carbocycles. The van der Waals surface area contributed by atoms with Gasteiger partial charge in [0.25, 0.3) is 0 Å². The lowest BCUT2D eigenvalue weighted by Crippen LogP contribution is -2.13. The number of hydrogen-bond donors (Lipinski definition) is 1. The van der Waals surface area contributed by atoms with Crippen molar-refractivity contribution in [1.82, 2.24) is 0 Å². The Labute approximate surface area is 46.6 Å². The minimum Gasteiger partial charge on any atom is -0.449 e. The number of rotatable bonds is 3. The van der Waals surface area contributed by atoms with Crippen molar-refractivity contribution in [3.05, 3.63) is 0 Å². The van der Waals surface area contributed by atoms with Crippen molar-refractivity contribution < 1.29 is 14.3 Å². The van der Waals surface area contributed by atoms with Crippen LogP contribution in [0, 0.1) is 0 Å². The van der Waals surface area contributed by atoms with E-state index in [2.05, 4.69) is 10.5 Å². The molecule has 0 unspecified atom stereocenters. The fraction of sp³-hybridized carbons (Fsp3) is 0.500. The summed E-state index contributed by atoms with van der Waals surface area (Å²) in [7, 11) is 0. The van der Waals surface area contributed by atoms with Crippen LogP contribution in [0.2, 0.25) is 0 Å². The second-order valence-electron chi connectivity index (χ2n) is 1.12. The van der Waals surface area contributed by atoms with Crippen LogP contribution < -0.4 is 5.73 Å². The van der Waals surface area contributed by atoms with Gasteiger partial charge in [0.15, 0.2) is 0 Å². The molecular formula is C4H7NO3. The van der Waals surface area contributed by atoms with Crippen LogP contribution in [0.1, 0.15) is 6.42 Å². The predicted octanol–water partition coefficient (Wildman–Crippen LogP) is -0.329. The molecule has 0 aliphatic heterocycles. The summed E-state index contributed by atoms with van der Waals surface area (Å²) >= 11 is 0. The normalized spacial score (nSPS) is 8.00. The first-order valence-corrected chi connectivity index (χ1v) is 2.13. The number of hydrogen-bond acceptors (Lipinski definition) is 3. The van der Waals surface area contributed by atoms with Crippen LogP contribution in [0.15, 0.2) is 0 Å². The predicted molar refractivity (Wildman–Crippen MR) is 26.2 cm³/mol. The van der Waals surface area contributed by atoms with E-state index in [0.717, 1.165) is 0 Å². The minimum absolute atomic E-state index is 0.0822. The lowest BCUT2D eigenvalue weighted by atomic mass is 10.5. The number of ether oxygens (including phenoxy) is 1. The number of aldehydes is 1. The summed E-state index contributed by atoms with van der Waals surface area (Å²) in [6, 6.07) is 0. The zero-order valence-electron chi connectivity index (χ0n) is 4.29. The fourth-order valence-electron chi connectivity index (χ4n) is 0.208. The average molecular weight is 117 g/mol. The summed E-state index contributed by atoms with van der Waals surface area (Å²) in [6.07, 6.45) is 0.0261. The van der Waals surface area contributed by atoms with Crippen molar-refractivity contribution >= 4 is 12.4 Å². The zero-order chi connectivity index (χ0) is 6.41. The lowest BCUT2D eigenvalue weighted by molar-refractivity contribution is -0.108. The molecule has 0 aromatic heterocycles. The van der Waals surface area contributed by atoms with E-state index in [0.29, 0.717) is 6.29 Å². The Morgan fingerprint density at radius 2 is 2.38 bits per heavy atom. The molecule has 4 heteroatoms. The molecule has 0 saturated carbocycles. The fourth-order valence-corrected chi connectivity index (χ4v) is 0.208. The van der Waals surface area contributed by atoms with E-state index in [1.165, 1.54) is 0 Å². The molecule has 0 aliphatic rings. The first-order chi connectivity index (χ1) is 3.77. The molecule has 0 aromatic carbocycles. The van der Waals surface area contributed by atoms with Gasteiger partial charge >= 0.3 is 6.09 Å². The van der Waals surface area contributed by atoms with Crippen LogP contribution in [-0.2, 0) is 9.53 Å². The molecule has 8 heavy (non-hydrogen) atoms. The molecule has 1 amide bonds. The van der Waals surface area contributed by atoms with Crippen LogP contribution in [0.4, 0.5) is 4.79 Å². The third-order valence-electron chi connectivity index (χ3n) is 0.480. The maximum atomic E-state index is 9.76. The first-order valence-electron chi connectivity index (χ1n) is 2.13. The maximum Gasteiger partial charge on any atom is 0.404 e. The molecule has 4 nitrogen and oxygen atoms in total. The van der Waals surface area contributed by atoms with Gasteiger partial charge in [-0.15, -0.1) is 0 Å². The number of carbonyl (C=O) groups excluding carboxylic acids is 2. The Kier molecular flexibility index (Phi) is 3.56. The quantitative estimate of drug-likeness (QED) is 0.406. The van der Waals surface area contributed by atoms with Gasteiger partial charge in [-0.2, -0.15) is 0 Å². The molecule has 0 rings (SSSR count). The van der Waals surface area contributed by atoms with Gasteiger partial charge in [-0.3, -0.25) is 0 Å². The van der Waals surface area contributed by atoms with Gasteiger partial charge in [-0.05, 0) is 0 Å². The van der Waals surface area contributed by atoms with Crippen molar-refractivity contribution in [2.45, 2.75) is 6.42 Å². The summed E-state index contributed by atoms with van der Waals surface area (Å²) in [5.74, 6) is 0. The highest BCUT2D eigenvalue weighted by atomic mass is 16.5. The second kappa shape index (κ2) is 4.11. The first kappa shape index (κ1) is 6.94. The Bertz CT molecular complexity index is 91.3. The van der Waals surface area contributed by atoms with E-state index < -0.39 is 6.09 Å². The van der Waals surface area contributed by atoms with Crippen molar-refractivity contribution in [2.24, 2.45) is 5.73 Å². The smallest absolute Gasteiger partial charge is 0.404 e. The molecule has 0 atom stereocenters. The highest BCUT2D eigenvalue weighted by Gasteiger charge is 1.89. The van der Waals surface area contributed by atoms with Crippen molar-refractivity contribution in [1.29, 1.82) is 0 Å². The third-order valence-corrected chi connectivity index (χ3v) is 0.480. The number of carbonyl (C=O) groups is 2. The maximum absolute atomic E-state index is 9.76. The standard InChI is InChI=1S/C4H7NO3/c5-4(7)8-3-1-2-6/h2H,1,3H2,(H2,5,7). The lowest BCUT2D eigenvalue weighted by Gasteiger charge is -1.92. The molecule has 0 bridgehead atoms.